The smallest absolute Gasteiger partial charge is 0.255 e. The third kappa shape index (κ3) is 3.75. The molecule has 116 valence electrons. The van der Waals surface area contributed by atoms with Crippen LogP contribution in [-0.2, 0) is 4.79 Å². The Kier molecular flexibility index (Phi) is 4.99. The predicted octanol–water partition coefficient (Wildman–Crippen LogP) is 2.10. The summed E-state index contributed by atoms with van der Waals surface area (Å²) in [5.41, 5.74) is 0.415. The minimum Gasteiger partial charge on any atom is -0.496 e. The minimum absolute atomic E-state index is 0.0413. The van der Waals surface area contributed by atoms with Gasteiger partial charge in [-0.25, -0.2) is 0 Å². The summed E-state index contributed by atoms with van der Waals surface area (Å²) >= 11 is 0. The molecule has 0 fully saturated rings. The first-order valence-corrected chi connectivity index (χ1v) is 7.15. The van der Waals surface area contributed by atoms with Crippen molar-refractivity contribution in [1.29, 1.82) is 0 Å². The third-order valence-electron chi connectivity index (χ3n) is 3.17. The molecule has 2 rings (SSSR count). The van der Waals surface area contributed by atoms with Gasteiger partial charge in [-0.05, 0) is 36.8 Å². The van der Waals surface area contributed by atoms with Crippen LogP contribution in [0.2, 0.25) is 0 Å². The average molecular weight is 300 g/mol. The van der Waals surface area contributed by atoms with E-state index in [2.05, 4.69) is 10.6 Å². The summed E-state index contributed by atoms with van der Waals surface area (Å²) in [5, 5.41) is 7.27. The van der Waals surface area contributed by atoms with Crippen molar-refractivity contribution in [2.24, 2.45) is 0 Å². The lowest BCUT2D eigenvalue weighted by Gasteiger charge is -2.12. The highest BCUT2D eigenvalue weighted by Gasteiger charge is 2.14. The molecule has 0 spiro atoms. The molecule has 2 aromatic carbocycles. The first kappa shape index (κ1) is 15.8. The molecule has 5 heteroatoms. The zero-order chi connectivity index (χ0) is 16.1. The predicted molar refractivity (Wildman–Crippen MR) is 86.1 cm³/mol. The first-order chi connectivity index (χ1) is 10.5. The second-order valence-electron chi connectivity index (χ2n) is 5.30. The van der Waals surface area contributed by atoms with Crippen molar-refractivity contribution in [3.8, 4) is 5.75 Å². The number of hydrogen-bond donors (Lipinski definition) is 2. The monoisotopic (exact) mass is 300 g/mol. The van der Waals surface area contributed by atoms with Crippen molar-refractivity contribution in [1.82, 2.24) is 10.6 Å². The van der Waals surface area contributed by atoms with E-state index in [-0.39, 0.29) is 24.4 Å². The molecule has 22 heavy (non-hydrogen) atoms. The molecule has 2 N–H and O–H groups in total. The van der Waals surface area contributed by atoms with E-state index in [1.165, 1.54) is 7.11 Å². The van der Waals surface area contributed by atoms with Gasteiger partial charge in [-0.1, -0.05) is 24.3 Å². The molecule has 0 radical (unpaired) electrons. The summed E-state index contributed by atoms with van der Waals surface area (Å²) in [6, 6.07) is 11.3. The summed E-state index contributed by atoms with van der Waals surface area (Å²) < 4.78 is 5.28. The highest BCUT2D eigenvalue weighted by atomic mass is 16.5. The summed E-state index contributed by atoms with van der Waals surface area (Å²) in [4.78, 5) is 23.9. The van der Waals surface area contributed by atoms with Gasteiger partial charge in [0.15, 0.2) is 0 Å². The fourth-order valence-electron chi connectivity index (χ4n) is 2.19. The highest BCUT2D eigenvalue weighted by molar-refractivity contribution is 6.02. The van der Waals surface area contributed by atoms with Gasteiger partial charge in [0.2, 0.25) is 5.91 Å². The maximum Gasteiger partial charge on any atom is 0.255 e. The van der Waals surface area contributed by atoms with Gasteiger partial charge >= 0.3 is 0 Å². The van der Waals surface area contributed by atoms with E-state index in [9.17, 15) is 9.59 Å². The van der Waals surface area contributed by atoms with Crippen LogP contribution >= 0.6 is 0 Å². The summed E-state index contributed by atoms with van der Waals surface area (Å²) in [7, 11) is 1.52. The molecule has 0 atom stereocenters. The molecule has 0 saturated heterocycles. The van der Waals surface area contributed by atoms with Crippen LogP contribution in [0.1, 0.15) is 24.2 Å². The van der Waals surface area contributed by atoms with Crippen molar-refractivity contribution in [2.75, 3.05) is 13.7 Å². The highest BCUT2D eigenvalue weighted by Crippen LogP contribution is 2.25. The molecular weight excluding hydrogens is 280 g/mol. The second-order valence-corrected chi connectivity index (χ2v) is 5.30. The zero-order valence-electron chi connectivity index (χ0n) is 13.0. The fraction of sp³-hybridized carbons (Fsp3) is 0.294. The Balaban J connectivity index is 2.18. The van der Waals surface area contributed by atoms with E-state index in [4.69, 9.17) is 4.74 Å². The first-order valence-electron chi connectivity index (χ1n) is 7.15. The Bertz CT molecular complexity index is 695. The van der Waals surface area contributed by atoms with Crippen molar-refractivity contribution >= 4 is 22.6 Å². The largest absolute Gasteiger partial charge is 0.496 e. The fourth-order valence-corrected chi connectivity index (χ4v) is 2.19. The number of ether oxygens (including phenoxy) is 1. The van der Waals surface area contributed by atoms with Crippen LogP contribution in [0.15, 0.2) is 36.4 Å². The summed E-state index contributed by atoms with van der Waals surface area (Å²) in [5.74, 6) is -0.0647. The lowest BCUT2D eigenvalue weighted by atomic mass is 10.1. The van der Waals surface area contributed by atoms with Gasteiger partial charge in [-0.15, -0.1) is 0 Å². The normalized spacial score (nSPS) is 10.5. The van der Waals surface area contributed by atoms with Crippen molar-refractivity contribution in [3.63, 3.8) is 0 Å². The topological polar surface area (TPSA) is 67.4 Å². The molecule has 5 nitrogen and oxygen atoms in total. The van der Waals surface area contributed by atoms with Crippen LogP contribution in [-0.4, -0.2) is 31.5 Å². The van der Waals surface area contributed by atoms with Crippen LogP contribution in [0.3, 0.4) is 0 Å². The summed E-state index contributed by atoms with van der Waals surface area (Å²) in [6.45, 7) is 3.67. The van der Waals surface area contributed by atoms with E-state index in [0.717, 1.165) is 10.8 Å². The van der Waals surface area contributed by atoms with E-state index in [1.807, 2.05) is 44.2 Å². The molecule has 0 aliphatic heterocycles. The third-order valence-corrected chi connectivity index (χ3v) is 3.17. The number of nitrogens with one attached hydrogen (secondary N) is 2. The average Bonchev–Trinajstić information content (AvgIpc) is 2.50. The van der Waals surface area contributed by atoms with Gasteiger partial charge in [0.05, 0.1) is 19.2 Å². The molecular formula is C17H20N2O3. The Labute approximate surface area is 129 Å². The van der Waals surface area contributed by atoms with Crippen LogP contribution in [0.4, 0.5) is 0 Å². The van der Waals surface area contributed by atoms with Crippen LogP contribution in [0.5, 0.6) is 5.75 Å². The number of carbonyl (C=O) groups is 2. The SMILES string of the molecule is COc1cc2ccccc2cc1C(=O)NCC(=O)NC(C)C. The number of amides is 2. The van der Waals surface area contributed by atoms with Crippen LogP contribution in [0, 0.1) is 0 Å². The summed E-state index contributed by atoms with van der Waals surface area (Å²) in [6.07, 6.45) is 0. The maximum absolute atomic E-state index is 12.3. The van der Waals surface area contributed by atoms with E-state index in [1.54, 1.807) is 6.07 Å². The van der Waals surface area contributed by atoms with Crippen LogP contribution in [0.25, 0.3) is 10.8 Å². The Morgan fingerprint density at radius 2 is 1.77 bits per heavy atom. The number of methoxy groups -OCH3 is 1. The number of benzene rings is 2. The number of rotatable bonds is 5. The molecule has 0 saturated carbocycles. The molecule has 0 heterocycles. The Morgan fingerprint density at radius 3 is 2.36 bits per heavy atom. The van der Waals surface area contributed by atoms with Crippen molar-refractivity contribution < 1.29 is 14.3 Å². The molecule has 0 aliphatic carbocycles. The maximum atomic E-state index is 12.3. The van der Waals surface area contributed by atoms with E-state index >= 15 is 0 Å². The minimum atomic E-state index is -0.332. The lowest BCUT2D eigenvalue weighted by molar-refractivity contribution is -0.120. The Hall–Kier alpha value is -2.56. The Morgan fingerprint density at radius 1 is 1.14 bits per heavy atom. The van der Waals surface area contributed by atoms with Crippen molar-refractivity contribution in [3.05, 3.63) is 42.0 Å². The molecule has 0 aliphatic rings. The van der Waals surface area contributed by atoms with Gasteiger partial charge in [0, 0.05) is 6.04 Å². The number of carbonyl (C=O) groups excluding carboxylic acids is 2. The quantitative estimate of drug-likeness (QED) is 0.888. The number of fused-ring (bicyclic) bond motifs is 1. The van der Waals surface area contributed by atoms with Gasteiger partial charge in [-0.2, -0.15) is 0 Å². The standard InChI is InChI=1S/C17H20N2O3/c1-11(2)19-16(20)10-18-17(21)14-8-12-6-4-5-7-13(12)9-15(14)22-3/h4-9,11H,10H2,1-3H3,(H,18,21)(H,19,20). The van der Waals surface area contributed by atoms with E-state index in [0.29, 0.717) is 11.3 Å². The second kappa shape index (κ2) is 6.93. The van der Waals surface area contributed by atoms with Gasteiger partial charge < -0.3 is 15.4 Å². The van der Waals surface area contributed by atoms with Crippen molar-refractivity contribution in [2.45, 2.75) is 19.9 Å². The molecule has 2 amide bonds. The van der Waals surface area contributed by atoms with Gasteiger partial charge in [-0.3, -0.25) is 9.59 Å². The molecule has 0 unspecified atom stereocenters. The van der Waals surface area contributed by atoms with Crippen LogP contribution < -0.4 is 15.4 Å². The number of hydrogen-bond acceptors (Lipinski definition) is 3. The molecule has 0 aromatic heterocycles. The zero-order valence-corrected chi connectivity index (χ0v) is 13.0. The van der Waals surface area contributed by atoms with Gasteiger partial charge in [0.25, 0.3) is 5.91 Å². The molecule has 2 aromatic rings. The lowest BCUT2D eigenvalue weighted by Crippen LogP contribution is -2.39. The van der Waals surface area contributed by atoms with Gasteiger partial charge in [0.1, 0.15) is 5.75 Å². The van der Waals surface area contributed by atoms with E-state index < -0.39 is 0 Å². The molecule has 0 bridgehead atoms.